The Balaban J connectivity index is 1.62. The molecule has 0 aromatic heterocycles. The summed E-state index contributed by atoms with van der Waals surface area (Å²) in [6.45, 7) is 1.91. The lowest BCUT2D eigenvalue weighted by molar-refractivity contribution is -0.385. The Labute approximate surface area is 193 Å². The largest absolute Gasteiger partial charge is 0.871 e. The van der Waals surface area contributed by atoms with Crippen LogP contribution in [0.1, 0.15) is 18.9 Å². The zero-order chi connectivity index (χ0) is 23.3. The number of amides is 2. The van der Waals surface area contributed by atoms with Crippen LogP contribution in [0.5, 0.6) is 5.75 Å². The maximum Gasteiger partial charge on any atom is 0.271 e. The van der Waals surface area contributed by atoms with E-state index >= 15 is 0 Å². The number of thiocarbonyl (C=S) groups is 1. The number of thioether (sulfide) groups is 1. The first kappa shape index (κ1) is 23.2. The van der Waals surface area contributed by atoms with Crippen LogP contribution in [0.15, 0.2) is 65.1 Å². The third-order valence-corrected chi connectivity index (χ3v) is 5.81. The van der Waals surface area contributed by atoms with Crippen molar-refractivity contribution in [1.29, 1.82) is 0 Å². The highest BCUT2D eigenvalue weighted by atomic mass is 32.2. The highest BCUT2D eigenvalue weighted by molar-refractivity contribution is 8.26. The Kier molecular flexibility index (Phi) is 7.39. The fourth-order valence-corrected chi connectivity index (χ4v) is 4.27. The fourth-order valence-electron chi connectivity index (χ4n) is 2.91. The highest BCUT2D eigenvalue weighted by Gasteiger charge is 2.32. The van der Waals surface area contributed by atoms with E-state index in [1.807, 2.05) is 43.3 Å². The van der Waals surface area contributed by atoms with Crippen LogP contribution in [0, 0.1) is 10.1 Å². The summed E-state index contributed by atoms with van der Waals surface area (Å²) in [6.07, 6.45) is 3.57. The number of nitrogens with zero attached hydrogens (tertiary/aromatic N) is 2. The average molecular weight is 469 g/mol. The zero-order valence-electron chi connectivity index (χ0n) is 16.9. The summed E-state index contributed by atoms with van der Waals surface area (Å²) in [5, 5.41) is 25.0. The molecule has 10 heteroatoms. The molecule has 0 aliphatic carbocycles. The van der Waals surface area contributed by atoms with Crippen LogP contribution in [0.2, 0.25) is 0 Å². The van der Waals surface area contributed by atoms with Gasteiger partial charge in [0.1, 0.15) is 4.32 Å². The van der Waals surface area contributed by atoms with Gasteiger partial charge in [-0.25, -0.2) is 0 Å². The van der Waals surface area contributed by atoms with Gasteiger partial charge in [-0.05, 0) is 24.1 Å². The quantitative estimate of drug-likeness (QED) is 0.284. The van der Waals surface area contributed by atoms with E-state index in [0.29, 0.717) is 9.23 Å². The van der Waals surface area contributed by atoms with Gasteiger partial charge >= 0.3 is 0 Å². The number of carbonyl (C=O) groups is 2. The van der Waals surface area contributed by atoms with Crippen molar-refractivity contribution in [3.63, 3.8) is 0 Å². The van der Waals surface area contributed by atoms with Crippen LogP contribution in [0.4, 0.5) is 11.4 Å². The number of rotatable bonds is 7. The SMILES string of the molecule is CC(=Cc1ccccc1)C=C1SC(=S)N(CCC(=O)Nc2cc([N+](=O)[O-])ccc2[O-])C1=O. The lowest BCUT2D eigenvalue weighted by Gasteiger charge is -2.16. The number of benzene rings is 2. The van der Waals surface area contributed by atoms with Crippen molar-refractivity contribution >= 4 is 57.6 Å². The van der Waals surface area contributed by atoms with Crippen LogP contribution >= 0.6 is 24.0 Å². The summed E-state index contributed by atoms with van der Waals surface area (Å²) in [5.74, 6) is -1.40. The number of nitro benzene ring substituents is 1. The number of hydrogen-bond donors (Lipinski definition) is 1. The molecule has 0 spiro atoms. The van der Waals surface area contributed by atoms with Crippen molar-refractivity contribution in [1.82, 2.24) is 4.90 Å². The summed E-state index contributed by atoms with van der Waals surface area (Å²) in [6, 6.07) is 12.8. The number of nitro groups is 1. The Morgan fingerprint density at radius 3 is 2.66 bits per heavy atom. The summed E-state index contributed by atoms with van der Waals surface area (Å²) < 4.78 is 0.335. The zero-order valence-corrected chi connectivity index (χ0v) is 18.6. The smallest absolute Gasteiger partial charge is 0.271 e. The van der Waals surface area contributed by atoms with E-state index in [2.05, 4.69) is 5.32 Å². The molecule has 8 nitrogen and oxygen atoms in total. The highest BCUT2D eigenvalue weighted by Crippen LogP contribution is 2.32. The van der Waals surface area contributed by atoms with Crippen molar-refractivity contribution in [2.75, 3.05) is 11.9 Å². The number of carbonyl (C=O) groups excluding carboxylic acids is 2. The van der Waals surface area contributed by atoms with E-state index in [1.165, 1.54) is 4.90 Å². The summed E-state index contributed by atoms with van der Waals surface area (Å²) in [5.41, 5.74) is 1.40. The minimum atomic E-state index is -0.657. The van der Waals surface area contributed by atoms with Gasteiger partial charge in [0.05, 0.1) is 9.83 Å². The van der Waals surface area contributed by atoms with Crippen molar-refractivity contribution in [3.05, 3.63) is 80.8 Å². The van der Waals surface area contributed by atoms with Gasteiger partial charge in [0.25, 0.3) is 11.6 Å². The molecule has 1 N–H and O–H groups in total. The van der Waals surface area contributed by atoms with Gasteiger partial charge < -0.3 is 10.4 Å². The van der Waals surface area contributed by atoms with Crippen molar-refractivity contribution in [3.8, 4) is 5.75 Å². The molecule has 2 aromatic carbocycles. The monoisotopic (exact) mass is 468 g/mol. The molecule has 0 atom stereocenters. The molecule has 164 valence electrons. The topological polar surface area (TPSA) is 116 Å². The molecule has 2 aromatic rings. The average Bonchev–Trinajstić information content (AvgIpc) is 3.01. The van der Waals surface area contributed by atoms with Gasteiger partial charge in [0, 0.05) is 30.8 Å². The Morgan fingerprint density at radius 2 is 1.97 bits per heavy atom. The molecule has 3 rings (SSSR count). The molecule has 0 radical (unpaired) electrons. The van der Waals surface area contributed by atoms with Crippen molar-refractivity contribution in [2.45, 2.75) is 13.3 Å². The Morgan fingerprint density at radius 1 is 1.25 bits per heavy atom. The number of anilines is 1. The third-order valence-electron chi connectivity index (χ3n) is 4.44. The summed E-state index contributed by atoms with van der Waals surface area (Å²) in [7, 11) is 0. The second-order valence-electron chi connectivity index (χ2n) is 6.87. The summed E-state index contributed by atoms with van der Waals surface area (Å²) >= 11 is 6.43. The van der Waals surface area contributed by atoms with Crippen LogP contribution in [0.3, 0.4) is 0 Å². The number of nitrogens with one attached hydrogen (secondary N) is 1. The predicted octanol–water partition coefficient (Wildman–Crippen LogP) is 3.84. The maximum absolute atomic E-state index is 12.7. The molecular weight excluding hydrogens is 450 g/mol. The first-order chi connectivity index (χ1) is 15.2. The Hall–Kier alpha value is -3.50. The van der Waals surface area contributed by atoms with Crippen molar-refractivity contribution < 1.29 is 19.6 Å². The Bertz CT molecular complexity index is 1150. The molecule has 1 aliphatic heterocycles. The van der Waals surface area contributed by atoms with E-state index < -0.39 is 16.6 Å². The molecule has 0 saturated carbocycles. The molecule has 2 amide bonds. The van der Waals surface area contributed by atoms with E-state index in [4.69, 9.17) is 12.2 Å². The number of allylic oxidation sites excluding steroid dienone is 2. The molecule has 1 aliphatic rings. The second-order valence-corrected chi connectivity index (χ2v) is 8.54. The minimum Gasteiger partial charge on any atom is -0.871 e. The normalized spacial score (nSPS) is 15.3. The lowest BCUT2D eigenvalue weighted by Crippen LogP contribution is -2.31. The fraction of sp³-hybridized carbons (Fsp3) is 0.136. The first-order valence-corrected chi connectivity index (χ1v) is 10.7. The molecule has 0 unspecified atom stereocenters. The van der Waals surface area contributed by atoms with Crippen LogP contribution in [0.25, 0.3) is 6.08 Å². The van der Waals surface area contributed by atoms with Gasteiger partial charge in [-0.1, -0.05) is 72.2 Å². The van der Waals surface area contributed by atoms with Gasteiger partial charge in [-0.15, -0.1) is 0 Å². The van der Waals surface area contributed by atoms with E-state index in [-0.39, 0.29) is 30.2 Å². The standard InChI is InChI=1S/C22H19N3O5S2/c1-14(11-15-5-3-2-4-6-15)12-19-21(28)24(22(31)32-19)10-9-20(27)23-17-13-16(25(29)30)7-8-18(17)26/h2-8,11-13,26H,9-10H2,1H3,(H,23,27)/p-1. The summed E-state index contributed by atoms with van der Waals surface area (Å²) in [4.78, 5) is 36.9. The van der Waals surface area contributed by atoms with E-state index in [0.717, 1.165) is 41.1 Å². The molecule has 32 heavy (non-hydrogen) atoms. The first-order valence-electron chi connectivity index (χ1n) is 9.48. The molecule has 1 heterocycles. The molecule has 1 fully saturated rings. The van der Waals surface area contributed by atoms with Gasteiger partial charge in [-0.3, -0.25) is 24.6 Å². The van der Waals surface area contributed by atoms with Crippen LogP contribution < -0.4 is 10.4 Å². The number of non-ortho nitro benzene ring substituents is 1. The lowest BCUT2D eigenvalue weighted by atomic mass is 10.1. The molecule has 0 bridgehead atoms. The molecular formula is C22H18N3O5S2-. The predicted molar refractivity (Wildman–Crippen MR) is 126 cm³/mol. The van der Waals surface area contributed by atoms with Gasteiger partial charge in [0.2, 0.25) is 5.91 Å². The van der Waals surface area contributed by atoms with Crippen LogP contribution in [-0.4, -0.2) is 32.5 Å². The maximum atomic E-state index is 12.7. The molecule has 1 saturated heterocycles. The minimum absolute atomic E-state index is 0.0262. The van der Waals surface area contributed by atoms with E-state index in [1.54, 1.807) is 6.08 Å². The van der Waals surface area contributed by atoms with E-state index in [9.17, 15) is 24.8 Å². The van der Waals surface area contributed by atoms with Gasteiger partial charge in [-0.2, -0.15) is 0 Å². The third kappa shape index (κ3) is 5.80. The van der Waals surface area contributed by atoms with Gasteiger partial charge in [0.15, 0.2) is 0 Å². The van der Waals surface area contributed by atoms with Crippen molar-refractivity contribution in [2.24, 2.45) is 0 Å². The second kappa shape index (κ2) is 10.2. The number of hydrogen-bond acceptors (Lipinski definition) is 7. The van der Waals surface area contributed by atoms with Crippen LogP contribution in [-0.2, 0) is 9.59 Å².